The molecule has 0 heterocycles. The highest BCUT2D eigenvalue weighted by Crippen LogP contribution is 2.27. The zero-order chi connectivity index (χ0) is 12.1. The summed E-state index contributed by atoms with van der Waals surface area (Å²) in [6, 6.07) is 9.00. The van der Waals surface area contributed by atoms with Crippen molar-refractivity contribution in [3.8, 4) is 0 Å². The Bertz CT molecular complexity index is 300. The van der Waals surface area contributed by atoms with Crippen LogP contribution in [0.25, 0.3) is 0 Å². The maximum atomic E-state index is 6.03. The summed E-state index contributed by atoms with van der Waals surface area (Å²) < 4.78 is 0. The second kappa shape index (κ2) is 6.30. The molecule has 2 unspecified atom stereocenters. The Morgan fingerprint density at radius 2 is 1.50 bits per heavy atom. The molecule has 2 atom stereocenters. The first-order chi connectivity index (χ1) is 7.60. The molecule has 0 nitrogen and oxygen atoms in total. The molecular formula is C15H23Cl. The van der Waals surface area contributed by atoms with E-state index in [-0.39, 0.29) is 0 Å². The maximum absolute atomic E-state index is 6.03. The molecule has 0 amide bonds. The van der Waals surface area contributed by atoms with Crippen molar-refractivity contribution in [2.24, 2.45) is 5.92 Å². The Labute approximate surface area is 105 Å². The van der Waals surface area contributed by atoms with Gasteiger partial charge in [0.25, 0.3) is 0 Å². The number of rotatable bonds is 5. The third-order valence-corrected chi connectivity index (χ3v) is 3.85. The molecule has 1 heteroatoms. The first-order valence-electron chi connectivity index (χ1n) is 6.25. The monoisotopic (exact) mass is 238 g/mol. The number of halogens is 1. The Morgan fingerprint density at radius 1 is 1.00 bits per heavy atom. The molecule has 16 heavy (non-hydrogen) atoms. The molecule has 1 rings (SSSR count). The normalized spacial score (nSPS) is 15.1. The quantitative estimate of drug-likeness (QED) is 0.621. The van der Waals surface area contributed by atoms with Crippen LogP contribution in [0.1, 0.15) is 57.1 Å². The molecular weight excluding hydrogens is 216 g/mol. The third-order valence-electron chi connectivity index (χ3n) is 3.52. The predicted molar refractivity (Wildman–Crippen MR) is 73.4 cm³/mol. The van der Waals surface area contributed by atoms with Crippen molar-refractivity contribution in [1.82, 2.24) is 0 Å². The van der Waals surface area contributed by atoms with E-state index < -0.39 is 0 Å². The van der Waals surface area contributed by atoms with E-state index >= 15 is 0 Å². The predicted octanol–water partition coefficient (Wildman–Crippen LogP) is 5.18. The molecule has 0 saturated heterocycles. The standard InChI is InChI=1S/C15H23Cl/c1-5-12(4)13-6-8-14(9-7-13)15(10-16)11(2)3/h6-9,11-12,15H,5,10H2,1-4H3. The minimum Gasteiger partial charge on any atom is -0.126 e. The van der Waals surface area contributed by atoms with Gasteiger partial charge in [-0.3, -0.25) is 0 Å². The van der Waals surface area contributed by atoms with Gasteiger partial charge in [0.2, 0.25) is 0 Å². The maximum Gasteiger partial charge on any atom is 0.0294 e. The van der Waals surface area contributed by atoms with Crippen molar-refractivity contribution in [2.75, 3.05) is 5.88 Å². The van der Waals surface area contributed by atoms with E-state index in [0.29, 0.717) is 23.6 Å². The molecule has 1 aromatic rings. The molecule has 0 aliphatic carbocycles. The van der Waals surface area contributed by atoms with Crippen LogP contribution in [-0.4, -0.2) is 5.88 Å². The van der Waals surface area contributed by atoms with E-state index in [1.807, 2.05) is 0 Å². The summed E-state index contributed by atoms with van der Waals surface area (Å²) in [5.41, 5.74) is 2.81. The fourth-order valence-electron chi connectivity index (χ4n) is 1.96. The van der Waals surface area contributed by atoms with Crippen molar-refractivity contribution in [2.45, 2.75) is 46.0 Å². The largest absolute Gasteiger partial charge is 0.126 e. The highest BCUT2D eigenvalue weighted by Gasteiger charge is 2.14. The van der Waals surface area contributed by atoms with E-state index in [9.17, 15) is 0 Å². The van der Waals surface area contributed by atoms with Gasteiger partial charge >= 0.3 is 0 Å². The van der Waals surface area contributed by atoms with E-state index in [4.69, 9.17) is 11.6 Å². The lowest BCUT2D eigenvalue weighted by Gasteiger charge is -2.19. The van der Waals surface area contributed by atoms with Gasteiger partial charge in [0.1, 0.15) is 0 Å². The number of alkyl halides is 1. The molecule has 0 aliphatic heterocycles. The van der Waals surface area contributed by atoms with Crippen LogP contribution in [0, 0.1) is 5.92 Å². The van der Waals surface area contributed by atoms with Crippen molar-refractivity contribution in [3.05, 3.63) is 35.4 Å². The van der Waals surface area contributed by atoms with Gasteiger partial charge in [-0.1, -0.05) is 52.0 Å². The summed E-state index contributed by atoms with van der Waals surface area (Å²) >= 11 is 6.03. The first-order valence-corrected chi connectivity index (χ1v) is 6.79. The lowest BCUT2D eigenvalue weighted by molar-refractivity contribution is 0.539. The van der Waals surface area contributed by atoms with Gasteiger partial charge in [-0.2, -0.15) is 0 Å². The zero-order valence-corrected chi connectivity index (χ0v) is 11.6. The van der Waals surface area contributed by atoms with Crippen molar-refractivity contribution >= 4 is 11.6 Å². The highest BCUT2D eigenvalue weighted by atomic mass is 35.5. The van der Waals surface area contributed by atoms with Gasteiger partial charge in [-0.15, -0.1) is 11.6 Å². The first kappa shape index (κ1) is 13.6. The van der Waals surface area contributed by atoms with Gasteiger partial charge in [0, 0.05) is 5.88 Å². The molecule has 90 valence electrons. The minimum absolute atomic E-state index is 0.479. The Kier molecular flexibility index (Phi) is 5.34. The van der Waals surface area contributed by atoms with Crippen LogP contribution in [0.15, 0.2) is 24.3 Å². The number of benzene rings is 1. The average Bonchev–Trinajstić information content (AvgIpc) is 2.29. The topological polar surface area (TPSA) is 0 Å². The van der Waals surface area contributed by atoms with E-state index in [2.05, 4.69) is 52.0 Å². The summed E-state index contributed by atoms with van der Waals surface area (Å²) in [6.07, 6.45) is 1.20. The lowest BCUT2D eigenvalue weighted by Crippen LogP contribution is -2.08. The number of hydrogen-bond acceptors (Lipinski definition) is 0. The van der Waals surface area contributed by atoms with E-state index in [0.717, 1.165) is 0 Å². The summed E-state index contributed by atoms with van der Waals surface area (Å²) in [5, 5.41) is 0. The molecule has 0 bridgehead atoms. The van der Waals surface area contributed by atoms with E-state index in [1.165, 1.54) is 17.5 Å². The zero-order valence-electron chi connectivity index (χ0n) is 10.8. The second-order valence-corrected chi connectivity index (χ2v) is 5.29. The van der Waals surface area contributed by atoms with Gasteiger partial charge < -0.3 is 0 Å². The summed E-state index contributed by atoms with van der Waals surface area (Å²) in [6.45, 7) is 8.97. The lowest BCUT2D eigenvalue weighted by atomic mass is 9.88. The van der Waals surface area contributed by atoms with Crippen LogP contribution >= 0.6 is 11.6 Å². The van der Waals surface area contributed by atoms with Gasteiger partial charge in [0.05, 0.1) is 0 Å². The average molecular weight is 239 g/mol. The molecule has 0 spiro atoms. The highest BCUT2D eigenvalue weighted by molar-refractivity contribution is 6.18. The third kappa shape index (κ3) is 3.25. The van der Waals surface area contributed by atoms with Crippen LogP contribution in [0.3, 0.4) is 0 Å². The number of hydrogen-bond donors (Lipinski definition) is 0. The van der Waals surface area contributed by atoms with Gasteiger partial charge in [-0.25, -0.2) is 0 Å². The molecule has 1 aromatic carbocycles. The SMILES string of the molecule is CCC(C)c1ccc(C(CCl)C(C)C)cc1. The van der Waals surface area contributed by atoms with Crippen molar-refractivity contribution in [3.63, 3.8) is 0 Å². The second-order valence-electron chi connectivity index (χ2n) is 4.98. The Hall–Kier alpha value is -0.490. The summed E-state index contributed by atoms with van der Waals surface area (Å²) in [7, 11) is 0. The minimum atomic E-state index is 0.479. The molecule has 0 saturated carbocycles. The fourth-order valence-corrected chi connectivity index (χ4v) is 2.49. The smallest absolute Gasteiger partial charge is 0.0294 e. The molecule has 0 fully saturated rings. The van der Waals surface area contributed by atoms with Gasteiger partial charge in [0.15, 0.2) is 0 Å². The van der Waals surface area contributed by atoms with Crippen molar-refractivity contribution < 1.29 is 0 Å². The van der Waals surface area contributed by atoms with Crippen LogP contribution < -0.4 is 0 Å². The van der Waals surface area contributed by atoms with Crippen molar-refractivity contribution in [1.29, 1.82) is 0 Å². The van der Waals surface area contributed by atoms with Crippen LogP contribution in [0.2, 0.25) is 0 Å². The molecule has 0 aliphatic rings. The molecule has 0 radical (unpaired) electrons. The summed E-state index contributed by atoms with van der Waals surface area (Å²) in [5.74, 6) is 2.45. The fraction of sp³-hybridized carbons (Fsp3) is 0.600. The van der Waals surface area contributed by atoms with Crippen LogP contribution in [0.4, 0.5) is 0 Å². The Balaban J connectivity index is 2.85. The van der Waals surface area contributed by atoms with Gasteiger partial charge in [-0.05, 0) is 35.3 Å². The van der Waals surface area contributed by atoms with Crippen LogP contribution in [0.5, 0.6) is 0 Å². The Morgan fingerprint density at radius 3 is 1.88 bits per heavy atom. The molecule has 0 N–H and O–H groups in total. The molecule has 0 aromatic heterocycles. The van der Waals surface area contributed by atoms with Crippen LogP contribution in [-0.2, 0) is 0 Å². The van der Waals surface area contributed by atoms with E-state index in [1.54, 1.807) is 0 Å². The summed E-state index contributed by atoms with van der Waals surface area (Å²) in [4.78, 5) is 0.